The maximum Gasteiger partial charge on any atom is 0.345 e. The van der Waals surface area contributed by atoms with E-state index in [2.05, 4.69) is 0 Å². The Bertz CT molecular complexity index is 386. The molecule has 0 fully saturated rings. The van der Waals surface area contributed by atoms with E-state index in [0.717, 1.165) is 5.57 Å². The van der Waals surface area contributed by atoms with Crippen LogP contribution in [0.15, 0.2) is 23.0 Å². The molecular weight excluding hydrogens is 220 g/mol. The average Bonchev–Trinajstić information content (AvgIpc) is 2.15. The highest BCUT2D eigenvalue weighted by Crippen LogP contribution is 2.23. The van der Waals surface area contributed by atoms with Crippen LogP contribution in [0.5, 0.6) is 0 Å². The summed E-state index contributed by atoms with van der Waals surface area (Å²) >= 11 is 0. The average molecular weight is 238 g/mol. The first-order valence-electron chi connectivity index (χ1n) is 5.71. The van der Waals surface area contributed by atoms with Crippen molar-refractivity contribution in [1.29, 1.82) is 0 Å². The molecule has 0 spiro atoms. The largest absolute Gasteiger partial charge is 0.489 e. The predicted molar refractivity (Wildman–Crippen MR) is 63.3 cm³/mol. The Kier molecular flexibility index (Phi) is 4.49. The lowest BCUT2D eigenvalue weighted by Crippen LogP contribution is -2.28. The lowest BCUT2D eigenvalue weighted by atomic mass is 10.0. The van der Waals surface area contributed by atoms with Crippen molar-refractivity contribution in [3.8, 4) is 0 Å². The Morgan fingerprint density at radius 3 is 2.71 bits per heavy atom. The fourth-order valence-corrected chi connectivity index (χ4v) is 1.60. The van der Waals surface area contributed by atoms with E-state index < -0.39 is 5.97 Å². The zero-order valence-corrected chi connectivity index (χ0v) is 10.7. The molecule has 1 atom stereocenters. The van der Waals surface area contributed by atoms with Crippen molar-refractivity contribution < 1.29 is 19.1 Å². The van der Waals surface area contributed by atoms with Crippen molar-refractivity contribution >= 4 is 11.8 Å². The van der Waals surface area contributed by atoms with Gasteiger partial charge in [0.05, 0.1) is 6.61 Å². The van der Waals surface area contributed by atoms with E-state index in [9.17, 15) is 9.59 Å². The smallest absolute Gasteiger partial charge is 0.345 e. The molecule has 0 aromatic carbocycles. The lowest BCUT2D eigenvalue weighted by Gasteiger charge is -2.23. The molecule has 94 valence electrons. The summed E-state index contributed by atoms with van der Waals surface area (Å²) in [5, 5.41) is 0. The normalized spacial score (nSPS) is 19.8. The van der Waals surface area contributed by atoms with Gasteiger partial charge in [-0.3, -0.25) is 4.79 Å². The van der Waals surface area contributed by atoms with E-state index >= 15 is 0 Å². The first kappa shape index (κ1) is 13.5. The molecule has 4 nitrogen and oxygen atoms in total. The lowest BCUT2D eigenvalue weighted by molar-refractivity contribution is -0.141. The summed E-state index contributed by atoms with van der Waals surface area (Å²) in [5.41, 5.74) is 0.995. The Hall–Kier alpha value is -1.58. The SMILES string of the molecule is CCOC(=O)C1=C(C=C(C)C)OC(C)CC1=O. The van der Waals surface area contributed by atoms with Crippen molar-refractivity contribution in [3.05, 3.63) is 23.0 Å². The molecular formula is C13H18O4. The number of allylic oxidation sites excluding steroid dienone is 2. The van der Waals surface area contributed by atoms with Gasteiger partial charge in [0.15, 0.2) is 5.78 Å². The summed E-state index contributed by atoms with van der Waals surface area (Å²) in [5.74, 6) is -0.487. The minimum absolute atomic E-state index is 0.0335. The molecule has 1 aliphatic rings. The van der Waals surface area contributed by atoms with Crippen molar-refractivity contribution in [2.45, 2.75) is 40.2 Å². The summed E-state index contributed by atoms with van der Waals surface area (Å²) in [7, 11) is 0. The van der Waals surface area contributed by atoms with E-state index in [1.807, 2.05) is 13.8 Å². The highest BCUT2D eigenvalue weighted by atomic mass is 16.5. The molecule has 1 heterocycles. The van der Waals surface area contributed by atoms with Gasteiger partial charge in [-0.05, 0) is 33.8 Å². The highest BCUT2D eigenvalue weighted by Gasteiger charge is 2.31. The van der Waals surface area contributed by atoms with Gasteiger partial charge in [-0.25, -0.2) is 4.79 Å². The van der Waals surface area contributed by atoms with E-state index in [1.165, 1.54) is 0 Å². The second-order valence-corrected chi connectivity index (χ2v) is 4.24. The highest BCUT2D eigenvalue weighted by molar-refractivity contribution is 6.18. The monoisotopic (exact) mass is 238 g/mol. The third-order valence-electron chi connectivity index (χ3n) is 2.23. The van der Waals surface area contributed by atoms with Gasteiger partial charge in [0.25, 0.3) is 0 Å². The maximum absolute atomic E-state index is 11.8. The first-order valence-corrected chi connectivity index (χ1v) is 5.71. The molecule has 0 amide bonds. The van der Waals surface area contributed by atoms with E-state index in [4.69, 9.17) is 9.47 Å². The Balaban J connectivity index is 3.16. The van der Waals surface area contributed by atoms with Gasteiger partial charge in [-0.1, -0.05) is 5.57 Å². The molecule has 1 aliphatic heterocycles. The van der Waals surface area contributed by atoms with Crippen molar-refractivity contribution in [2.75, 3.05) is 6.61 Å². The Labute approximate surface area is 101 Å². The summed E-state index contributed by atoms with van der Waals surface area (Å²) < 4.78 is 10.4. The molecule has 0 aromatic heterocycles. The first-order chi connectivity index (χ1) is 7.95. The predicted octanol–water partition coefficient (Wildman–Crippen LogP) is 2.15. The quantitative estimate of drug-likeness (QED) is 0.558. The van der Waals surface area contributed by atoms with E-state index in [1.54, 1.807) is 19.9 Å². The molecule has 0 saturated carbocycles. The second kappa shape index (κ2) is 5.66. The van der Waals surface area contributed by atoms with Gasteiger partial charge in [0.2, 0.25) is 0 Å². The van der Waals surface area contributed by atoms with Crippen molar-refractivity contribution in [3.63, 3.8) is 0 Å². The number of ketones is 1. The van der Waals surface area contributed by atoms with Crippen molar-refractivity contribution in [1.82, 2.24) is 0 Å². The van der Waals surface area contributed by atoms with Gasteiger partial charge >= 0.3 is 5.97 Å². The van der Waals surface area contributed by atoms with E-state index in [0.29, 0.717) is 5.76 Å². The number of esters is 1. The summed E-state index contributed by atoms with van der Waals surface area (Å²) in [6.07, 6.45) is 1.71. The number of Topliss-reactive ketones (excluding diaryl/α,β-unsaturated/α-hetero) is 1. The number of ether oxygens (including phenoxy) is 2. The molecule has 4 heteroatoms. The molecule has 1 unspecified atom stereocenters. The molecule has 0 aromatic rings. The Morgan fingerprint density at radius 1 is 1.53 bits per heavy atom. The zero-order valence-electron chi connectivity index (χ0n) is 10.7. The van der Waals surface area contributed by atoms with E-state index in [-0.39, 0.29) is 30.5 Å². The number of carbonyl (C=O) groups excluding carboxylic acids is 2. The standard InChI is InChI=1S/C13H18O4/c1-5-16-13(15)12-10(14)7-9(4)17-11(12)6-8(2)3/h6,9H,5,7H2,1-4H3. The number of hydrogen-bond donors (Lipinski definition) is 0. The summed E-state index contributed by atoms with van der Waals surface area (Å²) in [6, 6.07) is 0. The third-order valence-corrected chi connectivity index (χ3v) is 2.23. The van der Waals surface area contributed by atoms with Crippen LogP contribution in [0.1, 0.15) is 34.1 Å². The van der Waals surface area contributed by atoms with Crippen LogP contribution >= 0.6 is 0 Å². The number of hydrogen-bond acceptors (Lipinski definition) is 4. The van der Waals surface area contributed by atoms with Crippen LogP contribution < -0.4 is 0 Å². The van der Waals surface area contributed by atoms with Crippen LogP contribution in [0.25, 0.3) is 0 Å². The number of carbonyl (C=O) groups is 2. The summed E-state index contributed by atoms with van der Waals surface area (Å²) in [6.45, 7) is 7.51. The molecule has 0 aliphatic carbocycles. The van der Waals surface area contributed by atoms with Gasteiger partial charge < -0.3 is 9.47 Å². The zero-order chi connectivity index (χ0) is 13.0. The molecule has 17 heavy (non-hydrogen) atoms. The second-order valence-electron chi connectivity index (χ2n) is 4.24. The molecule has 0 radical (unpaired) electrons. The van der Waals surface area contributed by atoms with Crippen LogP contribution in [0.4, 0.5) is 0 Å². The van der Waals surface area contributed by atoms with Crippen LogP contribution in [0, 0.1) is 0 Å². The Morgan fingerprint density at radius 2 is 2.18 bits per heavy atom. The van der Waals surface area contributed by atoms with Gasteiger partial charge in [0.1, 0.15) is 17.4 Å². The molecule has 0 saturated heterocycles. The van der Waals surface area contributed by atoms with Crippen LogP contribution in [0.3, 0.4) is 0 Å². The maximum atomic E-state index is 11.8. The summed E-state index contributed by atoms with van der Waals surface area (Å²) in [4.78, 5) is 23.5. The topological polar surface area (TPSA) is 52.6 Å². The molecule has 0 N–H and O–H groups in total. The minimum Gasteiger partial charge on any atom is -0.489 e. The van der Waals surface area contributed by atoms with Crippen LogP contribution in [-0.2, 0) is 19.1 Å². The molecule has 1 rings (SSSR count). The van der Waals surface area contributed by atoms with Crippen LogP contribution in [-0.4, -0.2) is 24.5 Å². The number of rotatable bonds is 3. The molecule has 0 bridgehead atoms. The third kappa shape index (κ3) is 3.44. The van der Waals surface area contributed by atoms with Crippen LogP contribution in [0.2, 0.25) is 0 Å². The van der Waals surface area contributed by atoms with Gasteiger partial charge in [-0.15, -0.1) is 0 Å². The van der Waals surface area contributed by atoms with Gasteiger partial charge in [-0.2, -0.15) is 0 Å². The fraction of sp³-hybridized carbons (Fsp3) is 0.538. The van der Waals surface area contributed by atoms with Crippen molar-refractivity contribution in [2.24, 2.45) is 0 Å². The minimum atomic E-state index is -0.600. The fourth-order valence-electron chi connectivity index (χ4n) is 1.60. The van der Waals surface area contributed by atoms with Gasteiger partial charge in [0, 0.05) is 6.42 Å².